The predicted molar refractivity (Wildman–Crippen MR) is 78.3 cm³/mol. The molecule has 0 radical (unpaired) electrons. The highest BCUT2D eigenvalue weighted by Crippen LogP contribution is 2.45. The van der Waals surface area contributed by atoms with Gasteiger partial charge in [-0.05, 0) is 41.9 Å². The second-order valence-corrected chi connectivity index (χ2v) is 6.68. The zero-order valence-electron chi connectivity index (χ0n) is 12.2. The van der Waals surface area contributed by atoms with E-state index in [0.29, 0.717) is 5.41 Å². The molecule has 0 amide bonds. The third kappa shape index (κ3) is 2.79. The molecule has 1 aromatic carbocycles. The maximum atomic E-state index is 5.20. The molecule has 2 heteroatoms. The molecule has 1 spiro atoms. The fraction of sp³-hybridized carbons (Fsp3) is 0.647. The molecule has 1 saturated carbocycles. The topological polar surface area (TPSA) is 12.5 Å². The molecule has 19 heavy (non-hydrogen) atoms. The van der Waals surface area contributed by atoms with E-state index in [1.807, 2.05) is 0 Å². The van der Waals surface area contributed by atoms with Crippen molar-refractivity contribution in [3.8, 4) is 5.75 Å². The monoisotopic (exact) mass is 259 g/mol. The summed E-state index contributed by atoms with van der Waals surface area (Å²) in [7, 11) is 1.72. The second-order valence-electron chi connectivity index (χ2n) is 6.68. The van der Waals surface area contributed by atoms with E-state index in [1.54, 1.807) is 7.11 Å². The Labute approximate surface area is 116 Å². The molecule has 0 atom stereocenters. The molecule has 3 rings (SSSR count). The van der Waals surface area contributed by atoms with Crippen molar-refractivity contribution in [1.29, 1.82) is 0 Å². The largest absolute Gasteiger partial charge is 0.497 e. The van der Waals surface area contributed by atoms with Crippen LogP contribution in [-0.4, -0.2) is 25.1 Å². The zero-order chi connectivity index (χ0) is 13.3. The van der Waals surface area contributed by atoms with E-state index in [-0.39, 0.29) is 0 Å². The van der Waals surface area contributed by atoms with Gasteiger partial charge in [-0.15, -0.1) is 0 Å². The molecule has 1 aromatic rings. The minimum absolute atomic E-state index is 0.680. The molecule has 0 bridgehead atoms. The number of rotatable bonds is 3. The molecule has 1 aliphatic carbocycles. The first-order valence-electron chi connectivity index (χ1n) is 7.54. The smallest absolute Gasteiger partial charge is 0.118 e. The molecule has 2 fully saturated rings. The molecule has 104 valence electrons. The summed E-state index contributed by atoms with van der Waals surface area (Å²) in [5.74, 6) is 1.91. The van der Waals surface area contributed by atoms with Crippen molar-refractivity contribution in [2.24, 2.45) is 11.3 Å². The summed E-state index contributed by atoms with van der Waals surface area (Å²) >= 11 is 0. The minimum Gasteiger partial charge on any atom is -0.497 e. The lowest BCUT2D eigenvalue weighted by molar-refractivity contribution is -0.0414. The van der Waals surface area contributed by atoms with Gasteiger partial charge >= 0.3 is 0 Å². The second kappa shape index (κ2) is 5.16. The minimum atomic E-state index is 0.680. The third-order valence-electron chi connectivity index (χ3n) is 5.02. The quantitative estimate of drug-likeness (QED) is 0.820. The van der Waals surface area contributed by atoms with Crippen LogP contribution in [0, 0.1) is 11.3 Å². The summed E-state index contributed by atoms with van der Waals surface area (Å²) in [6.07, 6.45) is 5.79. The first kappa shape index (κ1) is 13.0. The van der Waals surface area contributed by atoms with Crippen LogP contribution >= 0.6 is 0 Å². The molecule has 1 aliphatic heterocycles. The third-order valence-corrected chi connectivity index (χ3v) is 5.02. The standard InChI is InChI=1S/C17H25NO/c1-14-7-9-17(10-8-14)12-18(13-17)11-15-3-5-16(19-2)6-4-15/h3-6,14H,7-13H2,1-2H3. The lowest BCUT2D eigenvalue weighted by atomic mass is 9.66. The van der Waals surface area contributed by atoms with Crippen LogP contribution in [0.3, 0.4) is 0 Å². The molecular weight excluding hydrogens is 234 g/mol. The number of nitrogens with zero attached hydrogens (tertiary/aromatic N) is 1. The van der Waals surface area contributed by atoms with Crippen molar-refractivity contribution >= 4 is 0 Å². The van der Waals surface area contributed by atoms with Crippen LogP contribution in [0.1, 0.15) is 38.2 Å². The fourth-order valence-electron chi connectivity index (χ4n) is 3.69. The van der Waals surface area contributed by atoms with Crippen molar-refractivity contribution in [2.45, 2.75) is 39.2 Å². The summed E-state index contributed by atoms with van der Waals surface area (Å²) in [4.78, 5) is 2.60. The van der Waals surface area contributed by atoms with Crippen LogP contribution in [0.2, 0.25) is 0 Å². The van der Waals surface area contributed by atoms with Crippen molar-refractivity contribution in [3.05, 3.63) is 29.8 Å². The van der Waals surface area contributed by atoms with Gasteiger partial charge in [-0.2, -0.15) is 0 Å². The molecule has 0 aromatic heterocycles. The number of benzene rings is 1. The van der Waals surface area contributed by atoms with Gasteiger partial charge in [0.25, 0.3) is 0 Å². The van der Waals surface area contributed by atoms with Crippen LogP contribution in [0.5, 0.6) is 5.75 Å². The van der Waals surface area contributed by atoms with E-state index in [9.17, 15) is 0 Å². The van der Waals surface area contributed by atoms with Crippen LogP contribution < -0.4 is 4.74 Å². The van der Waals surface area contributed by atoms with Crippen LogP contribution in [0.15, 0.2) is 24.3 Å². The zero-order valence-corrected chi connectivity index (χ0v) is 12.2. The van der Waals surface area contributed by atoms with E-state index in [0.717, 1.165) is 18.2 Å². The number of ether oxygens (including phenoxy) is 1. The normalized spacial score (nSPS) is 23.3. The Kier molecular flexibility index (Phi) is 3.53. The Bertz CT molecular complexity index is 409. The van der Waals surface area contributed by atoms with Gasteiger partial charge in [0, 0.05) is 19.6 Å². The fourth-order valence-corrected chi connectivity index (χ4v) is 3.69. The van der Waals surface area contributed by atoms with Gasteiger partial charge < -0.3 is 4.74 Å². The molecule has 1 heterocycles. The Balaban J connectivity index is 1.50. The molecule has 2 nitrogen and oxygen atoms in total. The van der Waals surface area contributed by atoms with E-state index >= 15 is 0 Å². The van der Waals surface area contributed by atoms with E-state index in [1.165, 1.54) is 44.3 Å². The number of hydrogen-bond acceptors (Lipinski definition) is 2. The van der Waals surface area contributed by atoms with E-state index in [2.05, 4.69) is 36.1 Å². The summed E-state index contributed by atoms with van der Waals surface area (Å²) < 4.78 is 5.20. The van der Waals surface area contributed by atoms with Crippen LogP contribution in [0.4, 0.5) is 0 Å². The number of likely N-dealkylation sites (tertiary alicyclic amines) is 1. The van der Waals surface area contributed by atoms with Gasteiger partial charge in [0.05, 0.1) is 7.11 Å². The average Bonchev–Trinajstić information content (AvgIpc) is 2.40. The average molecular weight is 259 g/mol. The van der Waals surface area contributed by atoms with Crippen molar-refractivity contribution in [2.75, 3.05) is 20.2 Å². The molecule has 0 N–H and O–H groups in total. The molecule has 2 aliphatic rings. The highest BCUT2D eigenvalue weighted by molar-refractivity contribution is 5.27. The number of hydrogen-bond donors (Lipinski definition) is 0. The van der Waals surface area contributed by atoms with Crippen LogP contribution in [0.25, 0.3) is 0 Å². The maximum Gasteiger partial charge on any atom is 0.118 e. The van der Waals surface area contributed by atoms with E-state index < -0.39 is 0 Å². The van der Waals surface area contributed by atoms with Gasteiger partial charge in [-0.3, -0.25) is 4.90 Å². The number of methoxy groups -OCH3 is 1. The van der Waals surface area contributed by atoms with Gasteiger partial charge in [0.1, 0.15) is 5.75 Å². The summed E-state index contributed by atoms with van der Waals surface area (Å²) in [6, 6.07) is 8.50. The lowest BCUT2D eigenvalue weighted by Crippen LogP contribution is -2.56. The first-order valence-corrected chi connectivity index (χ1v) is 7.54. The molecule has 0 unspecified atom stereocenters. The van der Waals surface area contributed by atoms with Crippen molar-refractivity contribution in [3.63, 3.8) is 0 Å². The Morgan fingerprint density at radius 3 is 2.37 bits per heavy atom. The molecular formula is C17H25NO. The Morgan fingerprint density at radius 2 is 1.79 bits per heavy atom. The van der Waals surface area contributed by atoms with Gasteiger partial charge in [0.15, 0.2) is 0 Å². The highest BCUT2D eigenvalue weighted by atomic mass is 16.5. The highest BCUT2D eigenvalue weighted by Gasteiger charge is 2.43. The summed E-state index contributed by atoms with van der Waals surface area (Å²) in [5.41, 5.74) is 2.08. The van der Waals surface area contributed by atoms with Gasteiger partial charge in [0.2, 0.25) is 0 Å². The van der Waals surface area contributed by atoms with Crippen molar-refractivity contribution in [1.82, 2.24) is 4.90 Å². The van der Waals surface area contributed by atoms with E-state index in [4.69, 9.17) is 4.74 Å². The van der Waals surface area contributed by atoms with Crippen molar-refractivity contribution < 1.29 is 4.74 Å². The van der Waals surface area contributed by atoms with Gasteiger partial charge in [-0.25, -0.2) is 0 Å². The molecule has 1 saturated heterocycles. The summed E-state index contributed by atoms with van der Waals surface area (Å²) in [5, 5.41) is 0. The Morgan fingerprint density at radius 1 is 1.16 bits per heavy atom. The maximum absolute atomic E-state index is 5.20. The van der Waals surface area contributed by atoms with Gasteiger partial charge in [-0.1, -0.05) is 31.9 Å². The Hall–Kier alpha value is -1.02. The first-order chi connectivity index (χ1) is 9.19. The lowest BCUT2D eigenvalue weighted by Gasteiger charge is -2.53. The predicted octanol–water partition coefficient (Wildman–Crippen LogP) is 3.71. The summed E-state index contributed by atoms with van der Waals surface area (Å²) in [6.45, 7) is 6.12. The van der Waals surface area contributed by atoms with Crippen LogP contribution in [-0.2, 0) is 6.54 Å². The SMILES string of the molecule is COc1ccc(CN2CC3(CCC(C)CC3)C2)cc1.